The van der Waals surface area contributed by atoms with Crippen LogP contribution in [0.25, 0.3) is 0 Å². The SMILES string of the molecule is CCC(=O)CNc1cc(COC(=O)N(C)CCN(C)C(=O)SCCC(=O)N(C)[C@@H](C)C(=O)O[C@H]2CC(=O)N(C)c3cc(cc(OC)c3Cl)C/C(C)=C/C=C/[C@@H](OC)[C@@]3(O)C[C@H](OC(=O)N3)[C@@H](C)[C@@H]3OC23C)ccc1NC(=O)OC1/C=C/CCCCC1. The van der Waals surface area contributed by atoms with Crippen LogP contribution in [0.3, 0.4) is 0 Å². The zero-order chi connectivity index (χ0) is 63.0. The number of carbonyl (C=O) groups is 8. The van der Waals surface area contributed by atoms with Crippen LogP contribution in [0.4, 0.5) is 36.2 Å². The summed E-state index contributed by atoms with van der Waals surface area (Å²) in [4.78, 5) is 112. The molecule has 9 atom stereocenters. The molecule has 25 heteroatoms. The van der Waals surface area contributed by atoms with Crippen LogP contribution in [-0.2, 0) is 60.6 Å². The fourth-order valence-electron chi connectivity index (χ4n) is 10.2. The van der Waals surface area contributed by atoms with E-state index in [1.165, 1.54) is 54.8 Å². The number of alkyl carbamates (subject to hydrolysis) is 1. The van der Waals surface area contributed by atoms with Gasteiger partial charge in [-0.15, -0.1) is 0 Å². The lowest BCUT2D eigenvalue weighted by Crippen LogP contribution is -2.63. The molecule has 3 heterocycles. The van der Waals surface area contributed by atoms with Gasteiger partial charge in [-0.2, -0.15) is 0 Å². The fraction of sp³-hybridized carbons (Fsp3) is 0.574. The van der Waals surface area contributed by atoms with Crippen LogP contribution < -0.4 is 25.6 Å². The smallest absolute Gasteiger partial charge is 0.412 e. The lowest BCUT2D eigenvalue weighted by atomic mass is 9.83. The summed E-state index contributed by atoms with van der Waals surface area (Å²) in [7, 11) is 8.92. The van der Waals surface area contributed by atoms with Crippen LogP contribution in [0.1, 0.15) is 104 Å². The predicted octanol–water partition coefficient (Wildman–Crippen LogP) is 8.79. The van der Waals surface area contributed by atoms with Crippen molar-refractivity contribution in [3.63, 3.8) is 0 Å². The van der Waals surface area contributed by atoms with Crippen molar-refractivity contribution >= 4 is 87.5 Å². The number of nitrogens with zero attached hydrogens (tertiary/aromatic N) is 4. The number of Topliss-reactive ketones (excluding diaryl/α,β-unsaturated/α-hetero) is 1. The number of hydrogen-bond acceptors (Lipinski definition) is 18. The number of thioether (sulfide) groups is 1. The van der Waals surface area contributed by atoms with Crippen molar-refractivity contribution in [3.05, 3.63) is 82.4 Å². The molecule has 0 aromatic heterocycles. The Bertz CT molecular complexity index is 2890. The number of aliphatic hydroxyl groups is 1. The van der Waals surface area contributed by atoms with Gasteiger partial charge in [-0.05, 0) is 94.3 Å². The van der Waals surface area contributed by atoms with E-state index in [4.69, 9.17) is 44.8 Å². The van der Waals surface area contributed by atoms with E-state index in [0.717, 1.165) is 55.0 Å². The van der Waals surface area contributed by atoms with E-state index in [0.29, 0.717) is 41.2 Å². The van der Waals surface area contributed by atoms with E-state index in [1.54, 1.807) is 77.4 Å². The maximum absolute atomic E-state index is 14.4. The third kappa shape index (κ3) is 18.3. The summed E-state index contributed by atoms with van der Waals surface area (Å²) >= 11 is 7.72. The van der Waals surface area contributed by atoms with E-state index >= 15 is 0 Å². The van der Waals surface area contributed by atoms with Gasteiger partial charge >= 0.3 is 24.2 Å². The first kappa shape index (κ1) is 68.3. The van der Waals surface area contributed by atoms with E-state index < -0.39 is 90.2 Å². The van der Waals surface area contributed by atoms with Crippen molar-refractivity contribution in [1.29, 1.82) is 0 Å². The fourth-order valence-corrected chi connectivity index (χ4v) is 11.3. The molecule has 2 unspecified atom stereocenters. The van der Waals surface area contributed by atoms with Crippen LogP contribution in [0.5, 0.6) is 5.75 Å². The molecule has 0 spiro atoms. The quantitative estimate of drug-likeness (QED) is 0.0443. The van der Waals surface area contributed by atoms with Crippen LogP contribution in [-0.4, -0.2) is 183 Å². The first-order valence-corrected chi connectivity index (χ1v) is 30.3. The van der Waals surface area contributed by atoms with Crippen molar-refractivity contribution in [3.8, 4) is 5.75 Å². The molecular formula is C61H84ClN7O16S. The Morgan fingerprint density at radius 1 is 1.00 bits per heavy atom. The third-order valence-electron chi connectivity index (χ3n) is 16.0. The number of ether oxygens (including phenoxy) is 7. The van der Waals surface area contributed by atoms with Crippen LogP contribution in [0.2, 0.25) is 5.02 Å². The normalized spacial score (nSPS) is 25.7. The third-order valence-corrected chi connectivity index (χ3v) is 17.3. The number of allylic oxidation sites excluding steroid dienone is 4. The van der Waals surface area contributed by atoms with Gasteiger partial charge in [0.2, 0.25) is 11.8 Å². The number of halogens is 1. The lowest BCUT2D eigenvalue weighted by molar-refractivity contribution is -0.162. The first-order valence-electron chi connectivity index (χ1n) is 28.9. The second-order valence-corrected chi connectivity index (χ2v) is 23.9. The van der Waals surface area contributed by atoms with E-state index in [1.807, 2.05) is 25.2 Å². The van der Waals surface area contributed by atoms with Crippen molar-refractivity contribution in [2.75, 3.05) is 83.3 Å². The lowest BCUT2D eigenvalue weighted by Gasteiger charge is -2.42. The van der Waals surface area contributed by atoms with Crippen molar-refractivity contribution in [2.45, 2.75) is 153 Å². The highest BCUT2D eigenvalue weighted by atomic mass is 35.5. The number of anilines is 3. The van der Waals surface area contributed by atoms with E-state index in [2.05, 4.69) is 16.0 Å². The number of methoxy groups -OCH3 is 2. The maximum atomic E-state index is 14.4. The van der Waals surface area contributed by atoms with E-state index in [-0.39, 0.29) is 67.0 Å². The van der Waals surface area contributed by atoms with Gasteiger partial charge in [0.1, 0.15) is 53.4 Å². The molecule has 2 aromatic carbocycles. The number of amides is 6. The van der Waals surface area contributed by atoms with Gasteiger partial charge in [0.15, 0.2) is 11.5 Å². The molecule has 6 amide bonds. The largest absolute Gasteiger partial charge is 0.495 e. The second-order valence-electron chi connectivity index (χ2n) is 22.4. The summed E-state index contributed by atoms with van der Waals surface area (Å²) in [6, 6.07) is 7.35. The molecule has 0 saturated carbocycles. The number of rotatable bonds is 19. The molecule has 3 aliphatic heterocycles. The number of likely N-dealkylation sites (N-methyl/N-ethyl adjacent to an activating group) is 3. The standard InChI is InChI=1S/C61H84ClN7O16S/c1-12-42(70)35-63-45-30-40(23-24-44(45)64-56(74)82-43-20-16-14-13-15-17-21-43)36-81-58(76)66(6)26-27-67(7)59(77)86-28-25-51(71)68(8)39(4)55(73)84-50-33-52(72)69(9)46-31-41(32-47(79-10)53(46)62)29-37(2)19-18-22-49(80-11)61(78)34-48(83-57(75)65-61)38(3)54-60(50,5)85-54/h16,18-20,22-24,30-32,38-39,43,48-50,54,63,78H,12-15,17,21,25-29,33-36H2,1-11H3,(H,64,74)(H,65,75)/b20-16+,22-18+,37-19+/t38-,39+,43?,48+,49-,50+,54+,60?,61+/m1/s1. The zero-order valence-corrected chi connectivity index (χ0v) is 52.6. The number of carbonyl (C=O) groups excluding carboxylic acids is 8. The molecule has 6 rings (SSSR count). The summed E-state index contributed by atoms with van der Waals surface area (Å²) in [5, 5.41) is 20.0. The molecule has 4 bridgehead atoms. The minimum atomic E-state index is -1.89. The first-order chi connectivity index (χ1) is 40.8. The molecule has 2 saturated heterocycles. The molecule has 2 fully saturated rings. The second kappa shape index (κ2) is 31.2. The monoisotopic (exact) mass is 1240 g/mol. The number of fused-ring (bicyclic) bond motifs is 5. The maximum Gasteiger partial charge on any atom is 0.412 e. The summed E-state index contributed by atoms with van der Waals surface area (Å²) in [5.41, 5.74) is 0.174. The van der Waals surface area contributed by atoms with Crippen molar-refractivity contribution in [2.24, 2.45) is 5.92 Å². The molecule has 1 aliphatic carbocycles. The minimum absolute atomic E-state index is 0.0175. The van der Waals surface area contributed by atoms with E-state index in [9.17, 15) is 43.5 Å². The van der Waals surface area contributed by atoms with Gasteiger partial charge in [0, 0.05) is 79.3 Å². The highest BCUT2D eigenvalue weighted by Gasteiger charge is 2.64. The van der Waals surface area contributed by atoms with Gasteiger partial charge in [0.25, 0.3) is 5.24 Å². The van der Waals surface area contributed by atoms with Crippen LogP contribution in [0, 0.1) is 5.92 Å². The number of epoxide rings is 1. The molecule has 23 nitrogen and oxygen atoms in total. The number of ketones is 1. The molecule has 472 valence electrons. The highest BCUT2D eigenvalue weighted by molar-refractivity contribution is 8.13. The van der Waals surface area contributed by atoms with Gasteiger partial charge in [0.05, 0.1) is 43.2 Å². The summed E-state index contributed by atoms with van der Waals surface area (Å²) in [6.07, 6.45) is 7.50. The Balaban J connectivity index is 1.03. The molecule has 4 N–H and O–H groups in total. The minimum Gasteiger partial charge on any atom is -0.495 e. The van der Waals surface area contributed by atoms with Crippen LogP contribution in [0.15, 0.2) is 66.3 Å². The van der Waals surface area contributed by atoms with Gasteiger partial charge in [-0.3, -0.25) is 29.8 Å². The molecule has 4 aliphatic rings. The Labute approximate surface area is 512 Å². The van der Waals surface area contributed by atoms with Gasteiger partial charge < -0.3 is 63.2 Å². The average molecular weight is 1240 g/mol. The average Bonchev–Trinajstić information content (AvgIpc) is 1.62. The summed E-state index contributed by atoms with van der Waals surface area (Å²) < 4.78 is 40.7. The zero-order valence-electron chi connectivity index (χ0n) is 51.1. The predicted molar refractivity (Wildman–Crippen MR) is 325 cm³/mol. The van der Waals surface area contributed by atoms with Gasteiger partial charge in [-0.1, -0.05) is 79.6 Å². The molecule has 86 heavy (non-hydrogen) atoms. The summed E-state index contributed by atoms with van der Waals surface area (Å²) in [5.74, 6) is -2.10. The highest BCUT2D eigenvalue weighted by Crippen LogP contribution is 2.49. The molecule has 0 radical (unpaired) electrons. The number of hydrogen-bond donors (Lipinski definition) is 4. The summed E-state index contributed by atoms with van der Waals surface area (Å²) in [6.45, 7) is 8.68. The molecule has 2 aromatic rings. The topological polar surface area (TPSA) is 274 Å². The molecular weight excluding hydrogens is 1150 g/mol. The number of esters is 1. The Morgan fingerprint density at radius 3 is 2.47 bits per heavy atom. The van der Waals surface area contributed by atoms with Crippen LogP contribution >= 0.6 is 23.4 Å². The van der Waals surface area contributed by atoms with Gasteiger partial charge in [-0.25, -0.2) is 19.2 Å². The Hall–Kier alpha value is -6.86. The Morgan fingerprint density at radius 2 is 1.74 bits per heavy atom. The van der Waals surface area contributed by atoms with Crippen molar-refractivity contribution in [1.82, 2.24) is 20.0 Å². The Kier molecular flexibility index (Phi) is 24.7. The van der Waals surface area contributed by atoms with Crippen molar-refractivity contribution < 1.29 is 76.6 Å². The number of benzene rings is 2. The number of nitrogens with one attached hydrogen (secondary N) is 3.